The van der Waals surface area contributed by atoms with E-state index in [0.29, 0.717) is 0 Å². The lowest BCUT2D eigenvalue weighted by atomic mass is 10.4. The van der Waals surface area contributed by atoms with Crippen LogP contribution in [0.3, 0.4) is 0 Å². The zero-order chi connectivity index (χ0) is 13.4. The largest absolute Gasteiger partial charge is 0.480 e. The average Bonchev–Trinajstić information content (AvgIpc) is 2.84. The molecule has 0 atom stereocenters. The molecule has 0 aliphatic rings. The Hall–Kier alpha value is -1.67. The van der Waals surface area contributed by atoms with E-state index in [2.05, 4.69) is 10.3 Å². The maximum Gasteiger partial charge on any atom is 0.323 e. The van der Waals surface area contributed by atoms with Crippen molar-refractivity contribution in [1.82, 2.24) is 15.2 Å². The summed E-state index contributed by atoms with van der Waals surface area (Å²) in [6.45, 7) is 0.445. The molecule has 0 fully saturated rings. The topological polar surface area (TPSA) is 91.8 Å². The second-order valence-electron chi connectivity index (χ2n) is 3.45. The van der Waals surface area contributed by atoms with Crippen molar-refractivity contribution in [1.29, 1.82) is 0 Å². The van der Waals surface area contributed by atoms with Crippen LogP contribution in [0.4, 0.5) is 4.79 Å². The third-order valence-corrected chi connectivity index (χ3v) is 2.72. The Labute approximate surface area is 108 Å². The van der Waals surface area contributed by atoms with Gasteiger partial charge >= 0.3 is 12.0 Å². The Morgan fingerprint density at radius 2 is 2.39 bits per heavy atom. The second kappa shape index (κ2) is 7.62. The summed E-state index contributed by atoms with van der Waals surface area (Å²) in [4.78, 5) is 27.6. The molecule has 2 N–H and O–H groups in total. The molecule has 2 amide bonds. The number of urea groups is 1. The number of nitrogens with zero attached hydrogens (tertiary/aromatic N) is 2. The van der Waals surface area contributed by atoms with E-state index in [4.69, 9.17) is 9.84 Å². The van der Waals surface area contributed by atoms with Crippen molar-refractivity contribution >= 4 is 23.3 Å². The van der Waals surface area contributed by atoms with E-state index in [1.54, 1.807) is 5.51 Å². The van der Waals surface area contributed by atoms with Crippen LogP contribution in [0.2, 0.25) is 0 Å². The van der Waals surface area contributed by atoms with Crippen molar-refractivity contribution < 1.29 is 19.4 Å². The summed E-state index contributed by atoms with van der Waals surface area (Å²) in [5.41, 5.74) is 2.41. The number of carboxylic acids is 1. The molecule has 0 aliphatic carbocycles. The molecule has 8 heteroatoms. The van der Waals surface area contributed by atoms with Crippen LogP contribution in [0.25, 0.3) is 0 Å². The van der Waals surface area contributed by atoms with Crippen LogP contribution < -0.4 is 5.32 Å². The first-order valence-electron chi connectivity index (χ1n) is 5.24. The fourth-order valence-corrected chi connectivity index (χ4v) is 1.78. The van der Waals surface area contributed by atoms with Gasteiger partial charge in [0.2, 0.25) is 0 Å². The van der Waals surface area contributed by atoms with Crippen LogP contribution in [0, 0.1) is 0 Å². The Bertz CT molecular complexity index is 382. The molecule has 0 radical (unpaired) electrons. The monoisotopic (exact) mass is 273 g/mol. The van der Waals surface area contributed by atoms with E-state index < -0.39 is 12.0 Å². The summed E-state index contributed by atoms with van der Waals surface area (Å²) in [5, 5.41) is 13.1. The van der Waals surface area contributed by atoms with Gasteiger partial charge < -0.3 is 20.1 Å². The molecule has 100 valence electrons. The molecule has 1 heterocycles. The summed E-state index contributed by atoms with van der Waals surface area (Å²) < 4.78 is 4.83. The molecule has 0 aliphatic heterocycles. The lowest BCUT2D eigenvalue weighted by molar-refractivity contribution is -0.137. The van der Waals surface area contributed by atoms with Crippen LogP contribution in [-0.2, 0) is 16.1 Å². The van der Waals surface area contributed by atoms with Gasteiger partial charge in [-0.2, -0.15) is 0 Å². The molecular weight excluding hydrogens is 258 g/mol. The number of carbonyl (C=O) groups excluding carboxylic acids is 1. The Morgan fingerprint density at radius 1 is 1.61 bits per heavy atom. The number of carboxylic acid groups (broad SMARTS) is 1. The fraction of sp³-hybridized carbons (Fsp3) is 0.500. The number of hydrogen-bond acceptors (Lipinski definition) is 5. The molecule has 0 saturated carbocycles. The molecular formula is C10H15N3O4S. The highest BCUT2D eigenvalue weighted by Crippen LogP contribution is 2.00. The zero-order valence-corrected chi connectivity index (χ0v) is 10.8. The Morgan fingerprint density at radius 3 is 2.94 bits per heavy atom. The van der Waals surface area contributed by atoms with Gasteiger partial charge in [-0.15, -0.1) is 11.3 Å². The van der Waals surface area contributed by atoms with Gasteiger partial charge in [-0.25, -0.2) is 9.78 Å². The zero-order valence-electron chi connectivity index (χ0n) is 9.96. The van der Waals surface area contributed by atoms with Gasteiger partial charge in [0.25, 0.3) is 0 Å². The fourth-order valence-electron chi connectivity index (χ4n) is 1.22. The SMILES string of the molecule is COCCN(CC(=O)O)C(=O)NCc1cscn1. The van der Waals surface area contributed by atoms with Gasteiger partial charge in [0.1, 0.15) is 6.54 Å². The third-order valence-electron chi connectivity index (χ3n) is 2.08. The average molecular weight is 273 g/mol. The van der Waals surface area contributed by atoms with Crippen LogP contribution in [0.1, 0.15) is 5.69 Å². The molecule has 0 saturated heterocycles. The summed E-state index contributed by atoms with van der Waals surface area (Å²) in [5.74, 6) is -1.06. The number of amides is 2. The van der Waals surface area contributed by atoms with Crippen molar-refractivity contribution in [3.8, 4) is 0 Å². The highest BCUT2D eigenvalue weighted by Gasteiger charge is 2.16. The lowest BCUT2D eigenvalue weighted by Gasteiger charge is -2.20. The van der Waals surface area contributed by atoms with E-state index in [-0.39, 0.29) is 26.2 Å². The van der Waals surface area contributed by atoms with Crippen LogP contribution >= 0.6 is 11.3 Å². The van der Waals surface area contributed by atoms with Gasteiger partial charge in [0, 0.05) is 19.0 Å². The van der Waals surface area contributed by atoms with Crippen LogP contribution in [-0.4, -0.2) is 53.8 Å². The van der Waals surface area contributed by atoms with Crippen molar-refractivity contribution in [2.45, 2.75) is 6.54 Å². The first-order chi connectivity index (χ1) is 8.63. The lowest BCUT2D eigenvalue weighted by Crippen LogP contribution is -2.44. The Balaban J connectivity index is 2.44. The number of thiazole rings is 1. The van der Waals surface area contributed by atoms with Crippen molar-refractivity contribution in [3.63, 3.8) is 0 Å². The van der Waals surface area contributed by atoms with Crippen molar-refractivity contribution in [3.05, 3.63) is 16.6 Å². The van der Waals surface area contributed by atoms with Gasteiger partial charge in [0.15, 0.2) is 0 Å². The first-order valence-corrected chi connectivity index (χ1v) is 6.18. The number of aliphatic carboxylic acids is 1. The summed E-state index contributed by atoms with van der Waals surface area (Å²) in [7, 11) is 1.49. The van der Waals surface area contributed by atoms with Crippen molar-refractivity contribution in [2.24, 2.45) is 0 Å². The molecule has 18 heavy (non-hydrogen) atoms. The second-order valence-corrected chi connectivity index (χ2v) is 4.17. The van der Waals surface area contributed by atoms with E-state index in [0.717, 1.165) is 5.69 Å². The highest BCUT2D eigenvalue weighted by atomic mass is 32.1. The first kappa shape index (κ1) is 14.4. The predicted molar refractivity (Wildman–Crippen MR) is 65.4 cm³/mol. The van der Waals surface area contributed by atoms with Gasteiger partial charge in [0.05, 0.1) is 24.4 Å². The van der Waals surface area contributed by atoms with E-state index in [1.165, 1.54) is 23.3 Å². The molecule has 1 aromatic heterocycles. The number of nitrogens with one attached hydrogen (secondary N) is 1. The number of methoxy groups -OCH3 is 1. The van der Waals surface area contributed by atoms with E-state index in [1.807, 2.05) is 5.38 Å². The summed E-state index contributed by atoms with van der Waals surface area (Å²) >= 11 is 1.43. The number of ether oxygens (including phenoxy) is 1. The quantitative estimate of drug-likeness (QED) is 0.749. The molecule has 7 nitrogen and oxygen atoms in total. The summed E-state index contributed by atoms with van der Waals surface area (Å²) in [6.07, 6.45) is 0. The molecule has 0 unspecified atom stereocenters. The standard InChI is InChI=1S/C10H15N3O4S/c1-17-3-2-13(5-9(14)15)10(16)11-4-8-6-18-7-12-8/h6-7H,2-5H2,1H3,(H,11,16)(H,14,15). The molecule has 1 rings (SSSR count). The molecule has 1 aromatic rings. The van der Waals surface area contributed by atoms with E-state index in [9.17, 15) is 9.59 Å². The molecule has 0 aromatic carbocycles. The summed E-state index contributed by atoms with van der Waals surface area (Å²) in [6, 6.07) is -0.442. The third kappa shape index (κ3) is 5.11. The minimum Gasteiger partial charge on any atom is -0.480 e. The number of rotatable bonds is 7. The van der Waals surface area contributed by atoms with E-state index >= 15 is 0 Å². The van der Waals surface area contributed by atoms with Crippen LogP contribution in [0.5, 0.6) is 0 Å². The molecule has 0 bridgehead atoms. The van der Waals surface area contributed by atoms with Crippen molar-refractivity contribution in [2.75, 3.05) is 26.8 Å². The smallest absolute Gasteiger partial charge is 0.323 e. The Kier molecular flexibility index (Phi) is 6.09. The highest BCUT2D eigenvalue weighted by molar-refractivity contribution is 7.07. The molecule has 0 spiro atoms. The number of hydrogen-bond donors (Lipinski definition) is 2. The minimum absolute atomic E-state index is 0.228. The minimum atomic E-state index is -1.06. The van der Waals surface area contributed by atoms with Gasteiger partial charge in [-0.05, 0) is 0 Å². The maximum atomic E-state index is 11.8. The number of carbonyl (C=O) groups is 2. The predicted octanol–water partition coefficient (Wildman–Crippen LogP) is 0.386. The van der Waals surface area contributed by atoms with Gasteiger partial charge in [-0.3, -0.25) is 4.79 Å². The normalized spacial score (nSPS) is 10.1. The number of aromatic nitrogens is 1. The van der Waals surface area contributed by atoms with Gasteiger partial charge in [-0.1, -0.05) is 0 Å². The maximum absolute atomic E-state index is 11.8. The van der Waals surface area contributed by atoms with Crippen LogP contribution in [0.15, 0.2) is 10.9 Å².